The maximum absolute atomic E-state index is 12.3. The van der Waals surface area contributed by atoms with Gasteiger partial charge >= 0.3 is 0 Å². The van der Waals surface area contributed by atoms with Crippen molar-refractivity contribution >= 4 is 44.9 Å². The summed E-state index contributed by atoms with van der Waals surface area (Å²) in [6.07, 6.45) is 3.47. The molecule has 0 unspecified atom stereocenters. The first kappa shape index (κ1) is 13.9. The van der Waals surface area contributed by atoms with Crippen molar-refractivity contribution in [1.82, 2.24) is 4.90 Å². The third kappa shape index (κ3) is 2.58. The Hall–Kier alpha value is -0.510. The highest BCUT2D eigenvalue weighted by molar-refractivity contribution is 9.10. The molecule has 0 radical (unpaired) electrons. The fourth-order valence-corrected chi connectivity index (χ4v) is 4.21. The molecule has 6 heteroatoms. The van der Waals surface area contributed by atoms with E-state index in [9.17, 15) is 10.1 Å². The Balaban J connectivity index is 2.05. The zero-order valence-corrected chi connectivity index (χ0v) is 13.2. The van der Waals surface area contributed by atoms with E-state index in [-0.39, 0.29) is 10.7 Å². The summed E-state index contributed by atoms with van der Waals surface area (Å²) in [6.45, 7) is 1.33. The van der Waals surface area contributed by atoms with Crippen molar-refractivity contribution in [3.8, 4) is 6.07 Å². The summed E-state index contributed by atoms with van der Waals surface area (Å²) in [4.78, 5) is 14.9. The molecule has 2 rings (SSSR count). The van der Waals surface area contributed by atoms with E-state index in [1.54, 1.807) is 11.8 Å². The molecule has 1 fully saturated rings. The lowest BCUT2D eigenvalue weighted by Gasteiger charge is -2.36. The molecular weight excluding hydrogens is 332 g/mol. The topological polar surface area (TPSA) is 44.1 Å². The smallest absolute Gasteiger partial charge is 0.265 e. The molecule has 1 amide bonds. The molecule has 0 N–H and O–H groups in total. The summed E-state index contributed by atoms with van der Waals surface area (Å²) >= 11 is 6.45. The number of thiophene rings is 1. The molecule has 1 aliphatic heterocycles. The predicted molar refractivity (Wildman–Crippen MR) is 79.0 cm³/mol. The molecule has 0 saturated carbocycles. The van der Waals surface area contributed by atoms with Gasteiger partial charge in [-0.1, -0.05) is 0 Å². The molecular formula is C12H13BrN2OS2. The molecule has 1 saturated heterocycles. The Bertz CT molecular complexity index is 487. The van der Waals surface area contributed by atoms with Gasteiger partial charge in [0.2, 0.25) is 0 Å². The van der Waals surface area contributed by atoms with E-state index in [1.165, 1.54) is 11.3 Å². The number of nitrogens with zero attached hydrogens (tertiary/aromatic N) is 2. The fraction of sp³-hybridized carbons (Fsp3) is 0.500. The van der Waals surface area contributed by atoms with Crippen molar-refractivity contribution < 1.29 is 4.79 Å². The highest BCUT2D eigenvalue weighted by atomic mass is 79.9. The number of amides is 1. The van der Waals surface area contributed by atoms with Crippen molar-refractivity contribution in [3.63, 3.8) is 0 Å². The van der Waals surface area contributed by atoms with E-state index >= 15 is 0 Å². The standard InChI is InChI=1S/C12H13BrN2OS2/c1-17-12(8-14)3-5-15(6-4-12)11(16)10-9(13)2-7-18-10/h2,7H,3-6H2,1H3. The van der Waals surface area contributed by atoms with Crippen molar-refractivity contribution in [2.75, 3.05) is 19.3 Å². The van der Waals surface area contributed by atoms with Gasteiger partial charge in [-0.25, -0.2) is 0 Å². The molecule has 0 aliphatic carbocycles. The Morgan fingerprint density at radius 3 is 2.72 bits per heavy atom. The largest absolute Gasteiger partial charge is 0.338 e. The minimum absolute atomic E-state index is 0.0736. The molecule has 0 atom stereocenters. The van der Waals surface area contributed by atoms with E-state index in [0.29, 0.717) is 13.1 Å². The van der Waals surface area contributed by atoms with Crippen molar-refractivity contribution in [3.05, 3.63) is 20.8 Å². The van der Waals surface area contributed by atoms with Gasteiger partial charge in [0.15, 0.2) is 0 Å². The third-order valence-electron chi connectivity index (χ3n) is 3.26. The van der Waals surface area contributed by atoms with Crippen molar-refractivity contribution in [1.29, 1.82) is 5.26 Å². The van der Waals surface area contributed by atoms with Crippen molar-refractivity contribution in [2.45, 2.75) is 17.6 Å². The number of piperidine rings is 1. The summed E-state index contributed by atoms with van der Waals surface area (Å²) in [5.41, 5.74) is 0. The monoisotopic (exact) mass is 344 g/mol. The van der Waals surface area contributed by atoms with Crippen LogP contribution in [0.3, 0.4) is 0 Å². The second-order valence-electron chi connectivity index (χ2n) is 4.20. The number of hydrogen-bond acceptors (Lipinski definition) is 4. The van der Waals surface area contributed by atoms with Crippen molar-refractivity contribution in [2.24, 2.45) is 0 Å². The van der Waals surface area contributed by atoms with Gasteiger partial charge in [-0.15, -0.1) is 23.1 Å². The molecule has 18 heavy (non-hydrogen) atoms. The summed E-state index contributed by atoms with van der Waals surface area (Å²) < 4.78 is 0.559. The molecule has 0 aromatic carbocycles. The highest BCUT2D eigenvalue weighted by Gasteiger charge is 2.36. The quantitative estimate of drug-likeness (QED) is 0.825. The van der Waals surface area contributed by atoms with Gasteiger partial charge < -0.3 is 4.90 Å². The zero-order chi connectivity index (χ0) is 13.2. The average Bonchev–Trinajstić information content (AvgIpc) is 2.84. The second kappa shape index (κ2) is 5.64. The maximum Gasteiger partial charge on any atom is 0.265 e. The van der Waals surface area contributed by atoms with E-state index in [0.717, 1.165) is 22.2 Å². The van der Waals surface area contributed by atoms with Gasteiger partial charge in [-0.2, -0.15) is 5.26 Å². The molecule has 96 valence electrons. The molecule has 0 spiro atoms. The Kier molecular flexibility index (Phi) is 4.36. The fourth-order valence-electron chi connectivity index (χ4n) is 2.02. The van der Waals surface area contributed by atoms with Crippen LogP contribution in [0.25, 0.3) is 0 Å². The molecule has 1 aromatic rings. The van der Waals surface area contributed by atoms with Crippen LogP contribution < -0.4 is 0 Å². The lowest BCUT2D eigenvalue weighted by molar-refractivity contribution is 0.0720. The van der Waals surface area contributed by atoms with Crippen LogP contribution >= 0.6 is 39.0 Å². The van der Waals surface area contributed by atoms with Crippen LogP contribution in [0.5, 0.6) is 0 Å². The normalized spacial score (nSPS) is 18.4. The highest BCUT2D eigenvalue weighted by Crippen LogP contribution is 2.35. The Labute approximate surface area is 123 Å². The minimum atomic E-state index is -0.302. The summed E-state index contributed by atoms with van der Waals surface area (Å²) in [5.74, 6) is 0.0736. The number of nitriles is 1. The van der Waals surface area contributed by atoms with Gasteiger partial charge in [-0.3, -0.25) is 4.79 Å². The second-order valence-corrected chi connectivity index (χ2v) is 7.16. The maximum atomic E-state index is 12.3. The minimum Gasteiger partial charge on any atom is -0.338 e. The van der Waals surface area contributed by atoms with Gasteiger partial charge in [0, 0.05) is 17.6 Å². The van der Waals surface area contributed by atoms with Crippen LogP contribution in [0.2, 0.25) is 0 Å². The van der Waals surface area contributed by atoms with Gasteiger partial charge in [-0.05, 0) is 46.5 Å². The number of halogens is 1. The lowest BCUT2D eigenvalue weighted by Crippen LogP contribution is -2.44. The van der Waals surface area contributed by atoms with Gasteiger partial charge in [0.05, 0.1) is 6.07 Å². The summed E-state index contributed by atoms with van der Waals surface area (Å²) in [7, 11) is 0. The number of likely N-dealkylation sites (tertiary alicyclic amines) is 1. The SMILES string of the molecule is CSC1(C#N)CCN(C(=O)c2sccc2Br)CC1. The third-order valence-corrected chi connectivity index (χ3v) is 6.37. The predicted octanol–water partition coefficient (Wildman–Crippen LogP) is 3.37. The Morgan fingerprint density at radius 1 is 1.61 bits per heavy atom. The van der Waals surface area contributed by atoms with Crippen LogP contribution in [0.1, 0.15) is 22.5 Å². The summed E-state index contributed by atoms with van der Waals surface area (Å²) in [5, 5.41) is 11.1. The van der Waals surface area contributed by atoms with E-state index < -0.39 is 0 Å². The van der Waals surface area contributed by atoms with Crippen LogP contribution in [0.4, 0.5) is 0 Å². The van der Waals surface area contributed by atoms with Crippen LogP contribution in [0, 0.1) is 11.3 Å². The molecule has 3 nitrogen and oxygen atoms in total. The van der Waals surface area contributed by atoms with Gasteiger partial charge in [0.25, 0.3) is 5.91 Å². The Morgan fingerprint density at radius 2 is 2.28 bits per heavy atom. The zero-order valence-electron chi connectivity index (χ0n) is 9.98. The first-order valence-electron chi connectivity index (χ1n) is 5.60. The number of thioether (sulfide) groups is 1. The number of carbonyl (C=O) groups excluding carboxylic acids is 1. The first-order valence-corrected chi connectivity index (χ1v) is 8.50. The lowest BCUT2D eigenvalue weighted by atomic mass is 9.97. The average molecular weight is 345 g/mol. The number of carbonyl (C=O) groups is 1. The summed E-state index contributed by atoms with van der Waals surface area (Å²) in [6, 6.07) is 4.28. The number of hydrogen-bond donors (Lipinski definition) is 0. The van der Waals surface area contributed by atoms with E-state index in [1.807, 2.05) is 22.6 Å². The van der Waals surface area contributed by atoms with Crippen LogP contribution in [0.15, 0.2) is 15.9 Å². The van der Waals surface area contributed by atoms with E-state index in [2.05, 4.69) is 22.0 Å². The van der Waals surface area contributed by atoms with E-state index in [4.69, 9.17) is 0 Å². The first-order chi connectivity index (χ1) is 8.62. The molecule has 1 aromatic heterocycles. The van der Waals surface area contributed by atoms with Crippen LogP contribution in [-0.2, 0) is 0 Å². The molecule has 2 heterocycles. The molecule has 0 bridgehead atoms. The van der Waals surface area contributed by atoms with Gasteiger partial charge in [0.1, 0.15) is 9.62 Å². The van der Waals surface area contributed by atoms with Crippen LogP contribution in [-0.4, -0.2) is 34.9 Å². The molecule has 1 aliphatic rings. The number of rotatable bonds is 2.